The molecule has 0 bridgehead atoms. The Morgan fingerprint density at radius 3 is 2.53 bits per heavy atom. The van der Waals surface area contributed by atoms with Crippen molar-refractivity contribution in [1.82, 2.24) is 5.32 Å². The van der Waals surface area contributed by atoms with Crippen LogP contribution in [0.3, 0.4) is 0 Å². The first-order chi connectivity index (χ1) is 7.79. The second-order valence-electron chi connectivity index (χ2n) is 5.31. The van der Waals surface area contributed by atoms with Crippen molar-refractivity contribution >= 4 is 17.4 Å². The molecule has 0 radical (unpaired) electrons. The minimum Gasteiger partial charge on any atom is -0.312 e. The summed E-state index contributed by atoms with van der Waals surface area (Å²) in [5, 5.41) is 3.95. The summed E-state index contributed by atoms with van der Waals surface area (Å²) in [5.74, 6) is 0.128. The van der Waals surface area contributed by atoms with Crippen molar-refractivity contribution in [3.63, 3.8) is 0 Å². The van der Waals surface area contributed by atoms with Crippen molar-refractivity contribution in [3.8, 4) is 0 Å². The molecule has 0 saturated carbocycles. The molecule has 0 atom stereocenters. The zero-order chi connectivity index (χ0) is 13.1. The van der Waals surface area contributed by atoms with Gasteiger partial charge >= 0.3 is 0 Å². The van der Waals surface area contributed by atoms with Gasteiger partial charge in [0.25, 0.3) is 0 Å². The third-order valence-electron chi connectivity index (χ3n) is 2.50. The lowest BCUT2D eigenvalue weighted by Gasteiger charge is -2.20. The van der Waals surface area contributed by atoms with Gasteiger partial charge in [-0.05, 0) is 39.3 Å². The van der Waals surface area contributed by atoms with Crippen LogP contribution in [0.5, 0.6) is 0 Å². The predicted octanol–water partition coefficient (Wildman–Crippen LogP) is 3.61. The third kappa shape index (κ3) is 4.88. The fourth-order valence-electron chi connectivity index (χ4n) is 1.46. The summed E-state index contributed by atoms with van der Waals surface area (Å²) < 4.78 is 0. The number of hydrogen-bond donors (Lipinski definition) is 1. The summed E-state index contributed by atoms with van der Waals surface area (Å²) in [6, 6.07) is 5.46. The molecule has 1 N–H and O–H groups in total. The van der Waals surface area contributed by atoms with E-state index in [1.807, 2.05) is 19.1 Å². The van der Waals surface area contributed by atoms with Crippen molar-refractivity contribution < 1.29 is 4.79 Å². The van der Waals surface area contributed by atoms with Crippen LogP contribution in [0, 0.1) is 6.92 Å². The number of nitrogens with one attached hydrogen (secondary N) is 1. The SMILES string of the molecule is Cc1ccc(C(=O)CCNC(C)(C)C)cc1Cl. The quantitative estimate of drug-likeness (QED) is 0.831. The second-order valence-corrected chi connectivity index (χ2v) is 5.72. The molecule has 17 heavy (non-hydrogen) atoms. The number of carbonyl (C=O) groups is 1. The van der Waals surface area contributed by atoms with Gasteiger partial charge in [0.1, 0.15) is 0 Å². The molecular weight excluding hydrogens is 234 g/mol. The first-order valence-electron chi connectivity index (χ1n) is 5.84. The second kappa shape index (κ2) is 5.65. The Kier molecular flexibility index (Phi) is 4.72. The molecule has 0 amide bonds. The average Bonchev–Trinajstić information content (AvgIpc) is 2.20. The smallest absolute Gasteiger partial charge is 0.164 e. The van der Waals surface area contributed by atoms with E-state index >= 15 is 0 Å². The van der Waals surface area contributed by atoms with Crippen LogP contribution in [0.25, 0.3) is 0 Å². The number of halogens is 1. The van der Waals surface area contributed by atoms with E-state index in [0.29, 0.717) is 23.6 Å². The Bertz CT molecular complexity index is 407. The van der Waals surface area contributed by atoms with Gasteiger partial charge < -0.3 is 5.32 Å². The van der Waals surface area contributed by atoms with Gasteiger partial charge in [-0.1, -0.05) is 23.7 Å². The van der Waals surface area contributed by atoms with Crippen LogP contribution in [0.1, 0.15) is 43.1 Å². The van der Waals surface area contributed by atoms with Crippen molar-refractivity contribution in [2.24, 2.45) is 0 Å². The van der Waals surface area contributed by atoms with Gasteiger partial charge in [0.15, 0.2) is 5.78 Å². The van der Waals surface area contributed by atoms with E-state index < -0.39 is 0 Å². The van der Waals surface area contributed by atoms with Gasteiger partial charge in [0.05, 0.1) is 0 Å². The van der Waals surface area contributed by atoms with Gasteiger partial charge in [-0.3, -0.25) is 4.79 Å². The molecule has 2 nitrogen and oxygen atoms in total. The van der Waals surface area contributed by atoms with Gasteiger partial charge in [-0.25, -0.2) is 0 Å². The minimum absolute atomic E-state index is 0.0468. The summed E-state index contributed by atoms with van der Waals surface area (Å²) in [6.07, 6.45) is 0.497. The molecule has 0 unspecified atom stereocenters. The number of carbonyl (C=O) groups excluding carboxylic acids is 1. The lowest BCUT2D eigenvalue weighted by molar-refractivity contribution is 0.0980. The van der Waals surface area contributed by atoms with E-state index in [-0.39, 0.29) is 11.3 Å². The molecule has 1 rings (SSSR count). The van der Waals surface area contributed by atoms with Gasteiger partial charge in [-0.2, -0.15) is 0 Å². The first-order valence-corrected chi connectivity index (χ1v) is 6.22. The molecule has 94 valence electrons. The van der Waals surface area contributed by atoms with Crippen molar-refractivity contribution in [2.75, 3.05) is 6.54 Å². The summed E-state index contributed by atoms with van der Waals surface area (Å²) in [4.78, 5) is 11.9. The lowest BCUT2D eigenvalue weighted by atomic mass is 10.1. The van der Waals surface area contributed by atoms with Gasteiger partial charge in [-0.15, -0.1) is 0 Å². The van der Waals surface area contributed by atoms with E-state index in [1.54, 1.807) is 6.07 Å². The Hall–Kier alpha value is -0.860. The summed E-state index contributed by atoms with van der Waals surface area (Å²) >= 11 is 6.00. The maximum absolute atomic E-state index is 11.9. The highest BCUT2D eigenvalue weighted by Crippen LogP contribution is 2.17. The number of ketones is 1. The van der Waals surface area contributed by atoms with Crippen LogP contribution in [-0.4, -0.2) is 17.9 Å². The molecule has 0 aromatic heterocycles. The van der Waals surface area contributed by atoms with Crippen LogP contribution >= 0.6 is 11.6 Å². The van der Waals surface area contributed by atoms with E-state index in [4.69, 9.17) is 11.6 Å². The zero-order valence-corrected chi connectivity index (χ0v) is 11.7. The molecule has 1 aromatic rings. The largest absolute Gasteiger partial charge is 0.312 e. The lowest BCUT2D eigenvalue weighted by Crippen LogP contribution is -2.37. The zero-order valence-electron chi connectivity index (χ0n) is 10.9. The number of rotatable bonds is 4. The molecule has 0 heterocycles. The average molecular weight is 254 g/mol. The molecule has 0 spiro atoms. The molecule has 0 aliphatic rings. The third-order valence-corrected chi connectivity index (χ3v) is 2.91. The molecule has 0 fully saturated rings. The van der Waals surface area contributed by atoms with Crippen LogP contribution in [0.2, 0.25) is 5.02 Å². The van der Waals surface area contributed by atoms with Crippen molar-refractivity contribution in [2.45, 2.75) is 39.7 Å². The normalized spacial score (nSPS) is 11.6. The van der Waals surface area contributed by atoms with Crippen LogP contribution < -0.4 is 5.32 Å². The Labute approximate surface area is 108 Å². The Morgan fingerprint density at radius 1 is 1.35 bits per heavy atom. The molecule has 0 aliphatic carbocycles. The fourth-order valence-corrected chi connectivity index (χ4v) is 1.64. The Balaban J connectivity index is 2.56. The first kappa shape index (κ1) is 14.2. The maximum atomic E-state index is 11.9. The monoisotopic (exact) mass is 253 g/mol. The fraction of sp³-hybridized carbons (Fsp3) is 0.500. The molecule has 0 saturated heterocycles. The molecule has 0 aliphatic heterocycles. The number of hydrogen-bond acceptors (Lipinski definition) is 2. The minimum atomic E-state index is 0.0468. The standard InChI is InChI=1S/C14H20ClNO/c1-10-5-6-11(9-12(10)15)13(17)7-8-16-14(2,3)4/h5-6,9,16H,7-8H2,1-4H3. The Morgan fingerprint density at radius 2 is 2.00 bits per heavy atom. The van der Waals surface area contributed by atoms with Crippen molar-refractivity contribution in [3.05, 3.63) is 34.3 Å². The highest BCUT2D eigenvalue weighted by Gasteiger charge is 2.11. The van der Waals surface area contributed by atoms with Crippen LogP contribution in [-0.2, 0) is 0 Å². The summed E-state index contributed by atoms with van der Waals surface area (Å²) in [7, 11) is 0. The highest BCUT2D eigenvalue weighted by molar-refractivity contribution is 6.31. The van der Waals surface area contributed by atoms with E-state index in [0.717, 1.165) is 5.56 Å². The van der Waals surface area contributed by atoms with Gasteiger partial charge in [0, 0.05) is 29.1 Å². The van der Waals surface area contributed by atoms with Crippen molar-refractivity contribution in [1.29, 1.82) is 0 Å². The predicted molar refractivity (Wildman–Crippen MR) is 72.9 cm³/mol. The van der Waals surface area contributed by atoms with Crippen LogP contribution in [0.4, 0.5) is 0 Å². The number of benzene rings is 1. The summed E-state index contributed by atoms with van der Waals surface area (Å²) in [6.45, 7) is 8.87. The van der Waals surface area contributed by atoms with Gasteiger partial charge in [0.2, 0.25) is 0 Å². The number of aryl methyl sites for hydroxylation is 1. The molecule has 1 aromatic carbocycles. The van der Waals surface area contributed by atoms with E-state index in [2.05, 4.69) is 26.1 Å². The van der Waals surface area contributed by atoms with E-state index in [1.165, 1.54) is 0 Å². The number of Topliss-reactive ketones (excluding diaryl/α,β-unsaturated/α-hetero) is 1. The maximum Gasteiger partial charge on any atom is 0.164 e. The van der Waals surface area contributed by atoms with Crippen LogP contribution in [0.15, 0.2) is 18.2 Å². The topological polar surface area (TPSA) is 29.1 Å². The van der Waals surface area contributed by atoms with E-state index in [9.17, 15) is 4.79 Å². The highest BCUT2D eigenvalue weighted by atomic mass is 35.5. The molecule has 3 heteroatoms. The summed E-state index contributed by atoms with van der Waals surface area (Å²) in [5.41, 5.74) is 1.73. The molecular formula is C14H20ClNO.